The van der Waals surface area contributed by atoms with E-state index in [1.54, 1.807) is 0 Å². The molecular weight excluding hydrogens is 427 g/mol. The molecule has 0 aliphatic carbocycles. The lowest BCUT2D eigenvalue weighted by molar-refractivity contribution is -0.316. The minimum atomic E-state index is -3.90. The van der Waals surface area contributed by atoms with Crippen molar-refractivity contribution in [2.45, 2.75) is 47.4 Å². The molecule has 1 saturated heterocycles. The van der Waals surface area contributed by atoms with Crippen LogP contribution in [0.25, 0.3) is 20.9 Å². The molecule has 1 aliphatic rings. The second-order valence-corrected chi connectivity index (χ2v) is 7.27. The number of nitrogens with two attached hydrogens (primary N) is 1. The van der Waals surface area contributed by atoms with E-state index in [4.69, 9.17) is 61.1 Å². The van der Waals surface area contributed by atoms with Crippen LogP contribution in [0.5, 0.6) is 0 Å². The van der Waals surface area contributed by atoms with E-state index in [2.05, 4.69) is 24.8 Å². The molecule has 0 aromatic carbocycles. The van der Waals surface area contributed by atoms with Crippen molar-refractivity contribution in [3.05, 3.63) is 20.9 Å². The molecule has 5 atom stereocenters. The molecule has 146 valence electrons. The van der Waals surface area contributed by atoms with Gasteiger partial charge in [0.2, 0.25) is 3.79 Å². The number of hydrogen-bond acceptors (Lipinski definition) is 7. The highest BCUT2D eigenvalue weighted by atomic mass is 35.6. The highest BCUT2D eigenvalue weighted by Gasteiger charge is 2.60. The maximum Gasteiger partial charge on any atom is 0.310 e. The summed E-state index contributed by atoms with van der Waals surface area (Å²) in [4.78, 5) is 16.0. The van der Waals surface area contributed by atoms with Gasteiger partial charge in [-0.3, -0.25) is 4.79 Å². The maximum atomic E-state index is 14.6. The van der Waals surface area contributed by atoms with Crippen molar-refractivity contribution in [3.8, 4) is 0 Å². The SMILES string of the molecule is CC(=O)O[C@@H]1C(N=[N+]=[N-])C(OC(N)C(Cl)(Cl)Cl)O[C@H](CN=[N+]=[N-])C1(F)F. The van der Waals surface area contributed by atoms with Gasteiger partial charge < -0.3 is 19.9 Å². The van der Waals surface area contributed by atoms with Gasteiger partial charge in [0.15, 0.2) is 18.6 Å². The Morgan fingerprint density at radius 3 is 2.50 bits per heavy atom. The fourth-order valence-corrected chi connectivity index (χ4v) is 2.15. The molecule has 0 spiro atoms. The van der Waals surface area contributed by atoms with Gasteiger partial charge in [-0.1, -0.05) is 45.0 Å². The van der Waals surface area contributed by atoms with E-state index in [9.17, 15) is 13.6 Å². The zero-order chi connectivity index (χ0) is 20.1. The van der Waals surface area contributed by atoms with Crippen molar-refractivity contribution in [1.82, 2.24) is 0 Å². The highest BCUT2D eigenvalue weighted by molar-refractivity contribution is 6.68. The fourth-order valence-electron chi connectivity index (χ4n) is 2.00. The van der Waals surface area contributed by atoms with Crippen LogP contribution in [-0.2, 0) is 19.0 Å². The summed E-state index contributed by atoms with van der Waals surface area (Å²) in [6, 6.07) is -1.88. The lowest BCUT2D eigenvalue weighted by Gasteiger charge is -2.44. The molecule has 16 heteroatoms. The standard InChI is InChI=1S/C10H12Cl3F2N7O4/c1-3(23)24-6-5(20-22-18)7(26-8(16)10(11,12)13)25-4(2-19-21-17)9(6,14)15/h4-8H,2,16H2,1H3/t4-,5?,6-,7?,8?/m1/s1. The molecule has 2 N–H and O–H groups in total. The third kappa shape index (κ3) is 5.60. The fraction of sp³-hybridized carbons (Fsp3) is 0.900. The van der Waals surface area contributed by atoms with E-state index in [0.29, 0.717) is 0 Å². The number of halogens is 5. The third-order valence-corrected chi connectivity index (χ3v) is 3.73. The molecule has 1 heterocycles. The van der Waals surface area contributed by atoms with E-state index in [0.717, 1.165) is 6.92 Å². The molecule has 0 bridgehead atoms. The van der Waals surface area contributed by atoms with Gasteiger partial charge >= 0.3 is 11.9 Å². The Balaban J connectivity index is 3.29. The predicted molar refractivity (Wildman–Crippen MR) is 85.5 cm³/mol. The largest absolute Gasteiger partial charge is 0.455 e. The number of hydrogen-bond donors (Lipinski definition) is 1. The quantitative estimate of drug-likeness (QED) is 0.168. The summed E-state index contributed by atoms with van der Waals surface area (Å²) in [6.07, 6.45) is -7.88. The van der Waals surface area contributed by atoms with Crippen LogP contribution in [0.15, 0.2) is 10.2 Å². The Morgan fingerprint density at radius 1 is 1.42 bits per heavy atom. The van der Waals surface area contributed by atoms with Gasteiger partial charge in [0.25, 0.3) is 0 Å². The first-order chi connectivity index (χ1) is 11.9. The molecule has 1 aliphatic heterocycles. The van der Waals surface area contributed by atoms with Gasteiger partial charge in [-0.25, -0.2) is 0 Å². The second-order valence-electron chi connectivity index (χ2n) is 4.90. The predicted octanol–water partition coefficient (Wildman–Crippen LogP) is 2.94. The second kappa shape index (κ2) is 9.07. The smallest absolute Gasteiger partial charge is 0.310 e. The Labute approximate surface area is 159 Å². The molecular formula is C10H12Cl3F2N7O4. The number of rotatable bonds is 6. The number of esters is 1. The van der Waals surface area contributed by atoms with Crippen LogP contribution >= 0.6 is 34.8 Å². The summed E-state index contributed by atoms with van der Waals surface area (Å²) in [5.74, 6) is -5.00. The Morgan fingerprint density at radius 2 is 2.04 bits per heavy atom. The van der Waals surface area contributed by atoms with Gasteiger partial charge in [0.1, 0.15) is 12.1 Å². The summed E-state index contributed by atoms with van der Waals surface area (Å²) < 4.78 is 41.7. The third-order valence-electron chi connectivity index (χ3n) is 3.09. The minimum absolute atomic E-state index is 0.854. The molecule has 11 nitrogen and oxygen atoms in total. The first-order valence-electron chi connectivity index (χ1n) is 6.68. The Hall–Kier alpha value is -1.30. The summed E-state index contributed by atoms with van der Waals surface area (Å²) in [6.45, 7) is 0.0111. The first kappa shape index (κ1) is 22.7. The minimum Gasteiger partial charge on any atom is -0.455 e. The molecule has 1 rings (SSSR count). The van der Waals surface area contributed by atoms with E-state index >= 15 is 0 Å². The maximum absolute atomic E-state index is 14.6. The van der Waals surface area contributed by atoms with Crippen molar-refractivity contribution < 1.29 is 27.8 Å². The van der Waals surface area contributed by atoms with Crippen LogP contribution in [0.2, 0.25) is 0 Å². The molecule has 0 radical (unpaired) electrons. The number of nitrogens with zero attached hydrogens (tertiary/aromatic N) is 6. The van der Waals surface area contributed by atoms with Crippen molar-refractivity contribution in [2.75, 3.05) is 6.54 Å². The van der Waals surface area contributed by atoms with E-state index in [1.807, 2.05) is 0 Å². The van der Waals surface area contributed by atoms with E-state index < -0.39 is 53.0 Å². The molecule has 0 saturated carbocycles. The van der Waals surface area contributed by atoms with Crippen LogP contribution in [-0.4, -0.2) is 53.0 Å². The average molecular weight is 439 g/mol. The van der Waals surface area contributed by atoms with Crippen molar-refractivity contribution in [2.24, 2.45) is 16.0 Å². The highest BCUT2D eigenvalue weighted by Crippen LogP contribution is 2.40. The molecule has 1 fully saturated rings. The number of azide groups is 2. The average Bonchev–Trinajstić information content (AvgIpc) is 2.51. The molecule has 0 aromatic rings. The summed E-state index contributed by atoms with van der Waals surface area (Å²) in [5, 5.41) is 6.13. The number of alkyl halides is 5. The van der Waals surface area contributed by atoms with Gasteiger partial charge in [0, 0.05) is 16.7 Å². The van der Waals surface area contributed by atoms with Crippen molar-refractivity contribution in [3.63, 3.8) is 0 Å². The zero-order valence-electron chi connectivity index (χ0n) is 12.9. The normalized spacial score (nSPS) is 29.0. The van der Waals surface area contributed by atoms with E-state index in [-0.39, 0.29) is 0 Å². The molecule has 26 heavy (non-hydrogen) atoms. The van der Waals surface area contributed by atoms with Gasteiger partial charge in [-0.15, -0.1) is 0 Å². The molecule has 3 unspecified atom stereocenters. The van der Waals surface area contributed by atoms with Gasteiger partial charge in [-0.05, 0) is 11.1 Å². The number of carbonyl (C=O) groups is 1. The monoisotopic (exact) mass is 437 g/mol. The van der Waals surface area contributed by atoms with Gasteiger partial charge in [0.05, 0.1) is 6.54 Å². The van der Waals surface area contributed by atoms with Gasteiger partial charge in [-0.2, -0.15) is 8.78 Å². The Bertz CT molecular complexity index is 624. The molecule has 0 amide bonds. The van der Waals surface area contributed by atoms with Crippen LogP contribution in [0, 0.1) is 0 Å². The summed E-state index contributed by atoms with van der Waals surface area (Å²) in [7, 11) is 0. The summed E-state index contributed by atoms with van der Waals surface area (Å²) in [5.41, 5.74) is 22.5. The van der Waals surface area contributed by atoms with Crippen LogP contribution < -0.4 is 5.73 Å². The zero-order valence-corrected chi connectivity index (χ0v) is 15.1. The summed E-state index contributed by atoms with van der Waals surface area (Å²) >= 11 is 16.6. The topological polar surface area (TPSA) is 168 Å². The van der Waals surface area contributed by atoms with Crippen LogP contribution in [0.4, 0.5) is 8.78 Å². The molecule has 0 aromatic heterocycles. The van der Waals surface area contributed by atoms with Crippen LogP contribution in [0.1, 0.15) is 6.92 Å². The Kier molecular flexibility index (Phi) is 7.93. The van der Waals surface area contributed by atoms with E-state index in [1.165, 1.54) is 0 Å². The lowest BCUT2D eigenvalue weighted by atomic mass is 9.95. The van der Waals surface area contributed by atoms with Crippen LogP contribution in [0.3, 0.4) is 0 Å². The number of ether oxygens (including phenoxy) is 3. The van der Waals surface area contributed by atoms with Crippen molar-refractivity contribution >= 4 is 40.8 Å². The number of carbonyl (C=O) groups excluding carboxylic acids is 1. The first-order valence-corrected chi connectivity index (χ1v) is 7.81. The van der Waals surface area contributed by atoms with Crippen molar-refractivity contribution in [1.29, 1.82) is 0 Å². The lowest BCUT2D eigenvalue weighted by Crippen LogP contribution is -2.64.